The van der Waals surface area contributed by atoms with E-state index in [1.54, 1.807) is 23.5 Å². The number of aromatic nitrogens is 3. The van der Waals surface area contributed by atoms with E-state index in [9.17, 15) is 26.4 Å². The number of carbonyl (C=O) groups excluding carboxylic acids is 1. The molecule has 45 heavy (non-hydrogen) atoms. The molecule has 3 heterocycles. The van der Waals surface area contributed by atoms with E-state index in [1.807, 2.05) is 60.8 Å². The molecule has 15 heteroatoms. The second-order valence-corrected chi connectivity index (χ2v) is 13.1. The first-order chi connectivity index (χ1) is 21.4. The van der Waals surface area contributed by atoms with Crippen LogP contribution in [0.2, 0.25) is 0 Å². The zero-order chi connectivity index (χ0) is 32.2. The summed E-state index contributed by atoms with van der Waals surface area (Å²) in [7, 11) is -3.68. The topological polar surface area (TPSA) is 154 Å². The van der Waals surface area contributed by atoms with Crippen LogP contribution >= 0.6 is 11.3 Å². The number of imidazole rings is 1. The van der Waals surface area contributed by atoms with Crippen molar-refractivity contribution < 1.29 is 36.3 Å². The Kier molecular flexibility index (Phi) is 9.20. The van der Waals surface area contributed by atoms with Crippen LogP contribution in [0.3, 0.4) is 0 Å². The molecule has 3 aromatic carbocycles. The smallest absolute Gasteiger partial charge is 0.475 e. The highest BCUT2D eigenvalue weighted by molar-refractivity contribution is 7.90. The molecule has 2 atom stereocenters. The molecule has 1 saturated heterocycles. The zero-order valence-corrected chi connectivity index (χ0v) is 24.9. The van der Waals surface area contributed by atoms with Crippen molar-refractivity contribution in [1.82, 2.24) is 19.7 Å². The number of aliphatic carboxylic acids is 1. The van der Waals surface area contributed by atoms with Crippen molar-refractivity contribution in [1.29, 1.82) is 0 Å². The molecular formula is C30H26F3N5O5S2. The first-order valence-electron chi connectivity index (χ1n) is 13.5. The number of benzene rings is 3. The summed E-state index contributed by atoms with van der Waals surface area (Å²) >= 11 is 1.62. The number of halogens is 3. The van der Waals surface area contributed by atoms with Crippen LogP contribution in [0, 0.1) is 0 Å². The molecule has 0 spiro atoms. The van der Waals surface area contributed by atoms with Crippen LogP contribution in [0.4, 0.5) is 18.3 Å². The van der Waals surface area contributed by atoms with Crippen LogP contribution in [-0.2, 0) is 32.5 Å². The van der Waals surface area contributed by atoms with Crippen molar-refractivity contribution >= 4 is 49.4 Å². The number of alkyl halides is 3. The van der Waals surface area contributed by atoms with Crippen molar-refractivity contribution in [3.8, 4) is 0 Å². The Morgan fingerprint density at radius 3 is 2.31 bits per heavy atom. The fourth-order valence-electron chi connectivity index (χ4n) is 4.71. The third-order valence-corrected chi connectivity index (χ3v) is 9.47. The Balaban J connectivity index is 0.000000515. The third kappa shape index (κ3) is 8.05. The van der Waals surface area contributed by atoms with Gasteiger partial charge in [0.15, 0.2) is 5.13 Å². The van der Waals surface area contributed by atoms with Gasteiger partial charge in [0.05, 0.1) is 23.5 Å². The molecule has 10 nitrogen and oxygen atoms in total. The standard InChI is InChI=1S/C28H25N5O3S2.C2HF3O2/c34-26-16-25(38(35,36)33-26)20-12-10-19(11-13-20)15-24(27-30-22-8-4-5-9-23(22)31-27)32-28-29-17-21(37-28)14-18-6-2-1-3-7-18;3-2(4,5)1(6)7/h1-13,17,24-25H,14-16H2,(H,29,32)(H,30,31)(H,33,34);(H,6,7)/t24-,25?;/m0./s1. The summed E-state index contributed by atoms with van der Waals surface area (Å²) in [6.45, 7) is 0. The molecule has 0 saturated carbocycles. The average molecular weight is 658 g/mol. The monoisotopic (exact) mass is 657 g/mol. The number of nitrogens with zero attached hydrogens (tertiary/aromatic N) is 2. The molecule has 1 amide bonds. The summed E-state index contributed by atoms with van der Waals surface area (Å²) < 4.78 is 58.3. The Morgan fingerprint density at radius 2 is 1.69 bits per heavy atom. The predicted molar refractivity (Wildman–Crippen MR) is 162 cm³/mol. The van der Waals surface area contributed by atoms with Gasteiger partial charge in [0.25, 0.3) is 0 Å². The van der Waals surface area contributed by atoms with Gasteiger partial charge in [-0.25, -0.2) is 23.2 Å². The van der Waals surface area contributed by atoms with Gasteiger partial charge < -0.3 is 15.4 Å². The minimum atomic E-state index is -5.08. The van der Waals surface area contributed by atoms with E-state index in [-0.39, 0.29) is 12.5 Å². The molecule has 234 valence electrons. The van der Waals surface area contributed by atoms with Gasteiger partial charge >= 0.3 is 12.1 Å². The molecule has 6 rings (SSSR count). The van der Waals surface area contributed by atoms with Crippen LogP contribution in [0.1, 0.15) is 45.1 Å². The molecule has 2 aromatic heterocycles. The van der Waals surface area contributed by atoms with Crippen molar-refractivity contribution in [2.24, 2.45) is 0 Å². The zero-order valence-electron chi connectivity index (χ0n) is 23.3. The predicted octanol–water partition coefficient (Wildman–Crippen LogP) is 5.53. The molecular weight excluding hydrogens is 631 g/mol. The SMILES string of the molecule is O=C(O)C(F)(F)F.O=C1CC(c2ccc(C[C@H](Nc3ncc(Cc4ccccc4)s3)c3nc4ccccc4[nH]3)cc2)S(=O)(=O)N1. The molecule has 5 aromatic rings. The van der Waals surface area contributed by atoms with Crippen molar-refractivity contribution in [3.05, 3.63) is 112 Å². The Hall–Kier alpha value is -4.76. The molecule has 1 fully saturated rings. The van der Waals surface area contributed by atoms with Crippen LogP contribution in [0.15, 0.2) is 85.1 Å². The second-order valence-electron chi connectivity index (χ2n) is 10.1. The fraction of sp³-hybridized carbons (Fsp3) is 0.200. The number of sulfonamides is 1. The van der Waals surface area contributed by atoms with E-state index in [0.717, 1.165) is 38.9 Å². The highest BCUT2D eigenvalue weighted by Crippen LogP contribution is 2.32. The number of carboxylic acids is 1. The largest absolute Gasteiger partial charge is 0.490 e. The van der Waals surface area contributed by atoms with Gasteiger partial charge in [-0.05, 0) is 35.2 Å². The number of nitrogens with one attached hydrogen (secondary N) is 3. The average Bonchev–Trinajstić information content (AvgIpc) is 3.69. The molecule has 0 radical (unpaired) electrons. The second kappa shape index (κ2) is 13.1. The molecule has 1 aliphatic heterocycles. The maximum atomic E-state index is 12.3. The Bertz CT molecular complexity index is 1880. The number of H-pyrrole nitrogens is 1. The van der Waals surface area contributed by atoms with E-state index in [0.29, 0.717) is 12.0 Å². The van der Waals surface area contributed by atoms with E-state index in [1.165, 1.54) is 5.56 Å². The lowest BCUT2D eigenvalue weighted by Gasteiger charge is -2.17. The molecule has 1 unspecified atom stereocenters. The van der Waals surface area contributed by atoms with Gasteiger partial charge in [-0.15, -0.1) is 11.3 Å². The normalized spacial score (nSPS) is 16.4. The minimum Gasteiger partial charge on any atom is -0.475 e. The van der Waals surface area contributed by atoms with Crippen molar-refractivity contribution in [2.75, 3.05) is 5.32 Å². The summed E-state index contributed by atoms with van der Waals surface area (Å²) in [5.41, 5.74) is 4.68. The summed E-state index contributed by atoms with van der Waals surface area (Å²) in [4.78, 5) is 34.6. The summed E-state index contributed by atoms with van der Waals surface area (Å²) in [6, 6.07) is 25.4. The number of hydrogen-bond acceptors (Lipinski definition) is 8. The van der Waals surface area contributed by atoms with Crippen molar-refractivity contribution in [2.45, 2.75) is 36.7 Å². The lowest BCUT2D eigenvalue weighted by atomic mass is 10.0. The van der Waals surface area contributed by atoms with Gasteiger partial charge in [-0.1, -0.05) is 66.7 Å². The number of hydrogen-bond donors (Lipinski definition) is 4. The maximum absolute atomic E-state index is 12.3. The number of aromatic amines is 1. The molecule has 1 aliphatic rings. The summed E-state index contributed by atoms with van der Waals surface area (Å²) in [5, 5.41) is 10.6. The lowest BCUT2D eigenvalue weighted by Crippen LogP contribution is -2.21. The fourth-order valence-corrected chi connectivity index (χ4v) is 7.03. The minimum absolute atomic E-state index is 0.0554. The van der Waals surface area contributed by atoms with Crippen LogP contribution < -0.4 is 10.0 Å². The van der Waals surface area contributed by atoms with Crippen LogP contribution in [0.5, 0.6) is 0 Å². The number of carbonyl (C=O) groups is 2. The number of amides is 1. The van der Waals surface area contributed by atoms with Gasteiger partial charge in [0.2, 0.25) is 15.9 Å². The van der Waals surface area contributed by atoms with E-state index in [2.05, 4.69) is 32.1 Å². The first kappa shape index (κ1) is 31.7. The molecule has 0 bridgehead atoms. The maximum Gasteiger partial charge on any atom is 0.490 e. The molecule has 0 aliphatic carbocycles. The highest BCUT2D eigenvalue weighted by atomic mass is 32.2. The number of rotatable bonds is 8. The van der Waals surface area contributed by atoms with E-state index < -0.39 is 33.3 Å². The van der Waals surface area contributed by atoms with E-state index >= 15 is 0 Å². The van der Waals surface area contributed by atoms with E-state index in [4.69, 9.17) is 14.9 Å². The van der Waals surface area contributed by atoms with Crippen LogP contribution in [-0.4, -0.2) is 46.5 Å². The number of thiazole rings is 1. The number of anilines is 1. The number of para-hydroxylation sites is 2. The first-order valence-corrected chi connectivity index (χ1v) is 15.9. The Morgan fingerprint density at radius 1 is 1.02 bits per heavy atom. The summed E-state index contributed by atoms with van der Waals surface area (Å²) in [5.74, 6) is -2.43. The summed E-state index contributed by atoms with van der Waals surface area (Å²) in [6.07, 6.45) is -1.82. The highest BCUT2D eigenvalue weighted by Gasteiger charge is 2.38. The number of carboxylic acid groups (broad SMARTS) is 1. The van der Waals surface area contributed by atoms with Gasteiger partial charge in [-0.2, -0.15) is 13.2 Å². The molecule has 4 N–H and O–H groups in total. The van der Waals surface area contributed by atoms with Crippen molar-refractivity contribution in [3.63, 3.8) is 0 Å². The van der Waals surface area contributed by atoms with Gasteiger partial charge in [0.1, 0.15) is 11.1 Å². The van der Waals surface area contributed by atoms with Gasteiger partial charge in [-0.3, -0.25) is 9.52 Å². The van der Waals surface area contributed by atoms with Crippen LogP contribution in [0.25, 0.3) is 11.0 Å². The lowest BCUT2D eigenvalue weighted by molar-refractivity contribution is -0.192. The van der Waals surface area contributed by atoms with Gasteiger partial charge in [0, 0.05) is 17.5 Å². The Labute approximate surface area is 259 Å². The number of fused-ring (bicyclic) bond motifs is 1. The third-order valence-electron chi connectivity index (χ3n) is 6.85. The quantitative estimate of drug-likeness (QED) is 0.170.